The molecule has 0 aliphatic carbocycles. The molecule has 0 radical (unpaired) electrons. The van der Waals surface area contributed by atoms with Gasteiger partial charge in [-0.3, -0.25) is 0 Å². The van der Waals surface area contributed by atoms with Gasteiger partial charge < -0.3 is 10.1 Å². The average molecular weight is 276 g/mol. The van der Waals surface area contributed by atoms with Gasteiger partial charge in [-0.2, -0.15) is 0 Å². The van der Waals surface area contributed by atoms with E-state index in [9.17, 15) is 4.79 Å². The molecule has 1 aromatic rings. The van der Waals surface area contributed by atoms with Crippen LogP contribution >= 0.6 is 23.2 Å². The first-order valence-corrected chi connectivity index (χ1v) is 6.03. The second-order valence-electron chi connectivity index (χ2n) is 3.70. The highest BCUT2D eigenvalue weighted by atomic mass is 35.5. The predicted octanol–water partition coefficient (Wildman–Crippen LogP) is 2.99. The summed E-state index contributed by atoms with van der Waals surface area (Å²) < 4.78 is 5.04. The molecule has 1 aromatic carbocycles. The number of carbonyl (C=O) groups excluding carboxylic acids is 1. The fraction of sp³-hybridized carbons (Fsp3) is 0.417. The minimum absolute atomic E-state index is 0.314. The lowest BCUT2D eigenvalue weighted by Crippen LogP contribution is -2.46. The zero-order valence-electron chi connectivity index (χ0n) is 10.0. The third kappa shape index (κ3) is 2.73. The number of carbonyl (C=O) groups is 1. The quantitative estimate of drug-likeness (QED) is 0.859. The largest absolute Gasteiger partial charge is 0.464 e. The lowest BCUT2D eigenvalue weighted by Gasteiger charge is -2.28. The van der Waals surface area contributed by atoms with Gasteiger partial charge in [0.2, 0.25) is 0 Å². The molecule has 0 bridgehead atoms. The first-order valence-electron chi connectivity index (χ1n) is 5.28. The Morgan fingerprint density at radius 3 is 2.65 bits per heavy atom. The van der Waals surface area contributed by atoms with Crippen molar-refractivity contribution in [1.29, 1.82) is 0 Å². The maximum Gasteiger partial charge on any atom is 0.330 e. The Balaban J connectivity index is 3.25. The van der Waals surface area contributed by atoms with Crippen LogP contribution in [0, 0.1) is 0 Å². The highest BCUT2D eigenvalue weighted by Gasteiger charge is 2.37. The van der Waals surface area contributed by atoms with Crippen LogP contribution in [0.15, 0.2) is 18.2 Å². The van der Waals surface area contributed by atoms with Gasteiger partial charge in [0.25, 0.3) is 0 Å². The maximum absolute atomic E-state index is 12.0. The number of ether oxygens (including phenoxy) is 1. The standard InChI is InChI=1S/C12H15Cl2NO2/c1-4-17-11(16)12(2,15-3)8-6-5-7-9(13)10(8)14/h5-7,15H,4H2,1-3H3. The maximum atomic E-state index is 12.0. The van der Waals surface area contributed by atoms with E-state index < -0.39 is 5.54 Å². The molecule has 0 fully saturated rings. The third-order valence-electron chi connectivity index (χ3n) is 2.67. The summed E-state index contributed by atoms with van der Waals surface area (Å²) in [5.41, 5.74) is -0.398. The van der Waals surface area contributed by atoms with E-state index in [1.807, 2.05) is 0 Å². The average Bonchev–Trinajstić information content (AvgIpc) is 2.32. The molecule has 0 aliphatic heterocycles. The molecule has 94 valence electrons. The summed E-state index contributed by atoms with van der Waals surface area (Å²) in [6.07, 6.45) is 0. The summed E-state index contributed by atoms with van der Waals surface area (Å²) in [6, 6.07) is 5.18. The topological polar surface area (TPSA) is 38.3 Å². The Hall–Kier alpha value is -0.770. The van der Waals surface area contributed by atoms with Crippen LogP contribution < -0.4 is 5.32 Å². The zero-order valence-corrected chi connectivity index (χ0v) is 11.5. The van der Waals surface area contributed by atoms with E-state index in [-0.39, 0.29) is 5.97 Å². The van der Waals surface area contributed by atoms with Crippen LogP contribution in [0.3, 0.4) is 0 Å². The molecule has 0 heterocycles. The van der Waals surface area contributed by atoms with Crippen molar-refractivity contribution in [3.8, 4) is 0 Å². The van der Waals surface area contributed by atoms with E-state index in [2.05, 4.69) is 5.32 Å². The van der Waals surface area contributed by atoms with E-state index in [0.717, 1.165) is 0 Å². The van der Waals surface area contributed by atoms with Crippen LogP contribution in [0.2, 0.25) is 10.0 Å². The lowest BCUT2D eigenvalue weighted by atomic mass is 9.92. The normalized spacial score (nSPS) is 14.2. The van der Waals surface area contributed by atoms with Gasteiger partial charge in [-0.15, -0.1) is 0 Å². The number of hydrogen-bond donors (Lipinski definition) is 1. The van der Waals surface area contributed by atoms with Crippen molar-refractivity contribution in [3.05, 3.63) is 33.8 Å². The molecular formula is C12H15Cl2NO2. The van der Waals surface area contributed by atoms with Gasteiger partial charge in [-0.25, -0.2) is 4.79 Å². The molecule has 3 nitrogen and oxygen atoms in total. The Labute approximate surface area is 111 Å². The molecule has 0 aliphatic rings. The Morgan fingerprint density at radius 1 is 1.47 bits per heavy atom. The zero-order chi connectivity index (χ0) is 13.1. The van der Waals surface area contributed by atoms with Crippen LogP contribution in [0.4, 0.5) is 0 Å². The fourth-order valence-electron chi connectivity index (χ4n) is 1.51. The Kier molecular flexibility index (Phi) is 4.80. The fourth-order valence-corrected chi connectivity index (χ4v) is 2.00. The van der Waals surface area contributed by atoms with E-state index in [0.29, 0.717) is 22.2 Å². The summed E-state index contributed by atoms with van der Waals surface area (Å²) in [5.74, 6) is -0.383. The molecule has 0 aromatic heterocycles. The summed E-state index contributed by atoms with van der Waals surface area (Å²) in [5, 5.41) is 3.70. The van der Waals surface area contributed by atoms with E-state index in [1.54, 1.807) is 39.1 Å². The molecule has 0 amide bonds. The summed E-state index contributed by atoms with van der Waals surface area (Å²) in [6.45, 7) is 3.78. The SMILES string of the molecule is CCOC(=O)C(C)(NC)c1cccc(Cl)c1Cl. The van der Waals surface area contributed by atoms with E-state index >= 15 is 0 Å². The van der Waals surface area contributed by atoms with Crippen LogP contribution in [0.1, 0.15) is 19.4 Å². The van der Waals surface area contributed by atoms with Crippen LogP contribution in [0.25, 0.3) is 0 Å². The van der Waals surface area contributed by atoms with Crippen molar-refractivity contribution >= 4 is 29.2 Å². The second kappa shape index (κ2) is 5.71. The molecule has 1 rings (SSSR count). The van der Waals surface area contributed by atoms with Crippen molar-refractivity contribution < 1.29 is 9.53 Å². The molecule has 0 saturated carbocycles. The van der Waals surface area contributed by atoms with E-state index in [4.69, 9.17) is 27.9 Å². The first-order chi connectivity index (χ1) is 7.97. The van der Waals surface area contributed by atoms with Crippen molar-refractivity contribution in [2.75, 3.05) is 13.7 Å². The van der Waals surface area contributed by atoms with Crippen molar-refractivity contribution in [2.45, 2.75) is 19.4 Å². The van der Waals surface area contributed by atoms with Crippen LogP contribution in [-0.2, 0) is 15.1 Å². The van der Waals surface area contributed by atoms with Gasteiger partial charge in [0.1, 0.15) is 5.54 Å². The number of likely N-dealkylation sites (N-methyl/N-ethyl adjacent to an activating group) is 1. The smallest absolute Gasteiger partial charge is 0.330 e. The second-order valence-corrected chi connectivity index (χ2v) is 4.48. The number of esters is 1. The predicted molar refractivity (Wildman–Crippen MR) is 69.5 cm³/mol. The van der Waals surface area contributed by atoms with Gasteiger partial charge in [0, 0.05) is 5.56 Å². The van der Waals surface area contributed by atoms with Gasteiger partial charge in [0.05, 0.1) is 16.7 Å². The van der Waals surface area contributed by atoms with Gasteiger partial charge in [-0.1, -0.05) is 35.3 Å². The molecule has 17 heavy (non-hydrogen) atoms. The third-order valence-corrected chi connectivity index (χ3v) is 3.49. The molecule has 1 unspecified atom stereocenters. The minimum atomic E-state index is -1.00. The molecule has 1 N–H and O–H groups in total. The minimum Gasteiger partial charge on any atom is -0.464 e. The number of hydrogen-bond acceptors (Lipinski definition) is 3. The summed E-state index contributed by atoms with van der Waals surface area (Å²) in [7, 11) is 1.67. The van der Waals surface area contributed by atoms with E-state index in [1.165, 1.54) is 0 Å². The first kappa shape index (κ1) is 14.3. The van der Waals surface area contributed by atoms with Crippen LogP contribution in [0.5, 0.6) is 0 Å². The Bertz CT molecular complexity index is 423. The number of rotatable bonds is 4. The van der Waals surface area contributed by atoms with Gasteiger partial charge in [-0.05, 0) is 27.0 Å². The molecule has 0 spiro atoms. The van der Waals surface area contributed by atoms with Crippen molar-refractivity contribution in [2.24, 2.45) is 0 Å². The summed E-state index contributed by atoms with van der Waals surface area (Å²) in [4.78, 5) is 12.0. The lowest BCUT2D eigenvalue weighted by molar-refractivity contribution is -0.150. The monoisotopic (exact) mass is 275 g/mol. The molecule has 1 atom stereocenters. The highest BCUT2D eigenvalue weighted by molar-refractivity contribution is 6.42. The number of nitrogens with one attached hydrogen (secondary N) is 1. The van der Waals surface area contributed by atoms with Crippen molar-refractivity contribution in [1.82, 2.24) is 5.32 Å². The van der Waals surface area contributed by atoms with Crippen molar-refractivity contribution in [3.63, 3.8) is 0 Å². The molecule has 0 saturated heterocycles. The highest BCUT2D eigenvalue weighted by Crippen LogP contribution is 2.33. The van der Waals surface area contributed by atoms with Gasteiger partial charge in [0.15, 0.2) is 0 Å². The summed E-state index contributed by atoms with van der Waals surface area (Å²) >= 11 is 12.1. The van der Waals surface area contributed by atoms with Crippen LogP contribution in [-0.4, -0.2) is 19.6 Å². The Morgan fingerprint density at radius 2 is 2.12 bits per heavy atom. The molecule has 5 heteroatoms. The number of benzene rings is 1. The van der Waals surface area contributed by atoms with Gasteiger partial charge >= 0.3 is 5.97 Å². The number of halogens is 2. The molecular weight excluding hydrogens is 261 g/mol.